The molecule has 7 nitrogen and oxygen atoms in total. The Morgan fingerprint density at radius 1 is 1.06 bits per heavy atom. The maximum atomic E-state index is 13.2. The third kappa shape index (κ3) is 6.73. The zero-order chi connectivity index (χ0) is 24.1. The Labute approximate surface area is 200 Å². The molecule has 33 heavy (non-hydrogen) atoms. The van der Waals surface area contributed by atoms with E-state index in [1.54, 1.807) is 4.90 Å². The Morgan fingerprint density at radius 3 is 2.36 bits per heavy atom. The van der Waals surface area contributed by atoms with E-state index in [9.17, 15) is 9.59 Å². The van der Waals surface area contributed by atoms with Crippen molar-refractivity contribution in [1.29, 1.82) is 0 Å². The zero-order valence-corrected chi connectivity index (χ0v) is 22.0. The summed E-state index contributed by atoms with van der Waals surface area (Å²) in [6, 6.07) is 10.0. The van der Waals surface area contributed by atoms with Crippen molar-refractivity contribution in [3.63, 3.8) is 0 Å². The van der Waals surface area contributed by atoms with Crippen LogP contribution in [0.1, 0.15) is 45.6 Å². The lowest BCUT2D eigenvalue weighted by Gasteiger charge is -2.43. The molecule has 3 amide bonds. The Hall–Kier alpha value is -2.06. The summed E-state index contributed by atoms with van der Waals surface area (Å²) in [7, 11) is -1.81. The molecule has 184 valence electrons. The van der Waals surface area contributed by atoms with E-state index in [2.05, 4.69) is 33.9 Å². The number of piperidine rings is 1. The molecule has 0 unspecified atom stereocenters. The second kappa shape index (κ2) is 10.9. The number of amides is 3. The van der Waals surface area contributed by atoms with Gasteiger partial charge in [0, 0.05) is 38.8 Å². The standard InChI is InChI=1S/C25H41N3O4Si/c1-25(2,3)33(4,5)32-19-18-26-14-9-15-28(23(26)29)22-12-16-27(17-13-22)24(30)31-20-21-10-7-6-8-11-21/h6-8,10-11,22H,9,12-20H2,1-5H3. The van der Waals surface area contributed by atoms with Gasteiger partial charge in [0.05, 0.1) is 6.61 Å². The van der Waals surface area contributed by atoms with Gasteiger partial charge in [-0.05, 0) is 43.0 Å². The van der Waals surface area contributed by atoms with Gasteiger partial charge in [0.1, 0.15) is 6.61 Å². The minimum Gasteiger partial charge on any atom is -0.445 e. The molecule has 2 heterocycles. The normalized spacial score (nSPS) is 18.6. The van der Waals surface area contributed by atoms with Gasteiger partial charge in [-0.25, -0.2) is 9.59 Å². The highest BCUT2D eigenvalue weighted by Gasteiger charge is 2.38. The molecule has 0 aliphatic carbocycles. The van der Waals surface area contributed by atoms with Crippen LogP contribution in [0.3, 0.4) is 0 Å². The van der Waals surface area contributed by atoms with Gasteiger partial charge >= 0.3 is 12.1 Å². The molecule has 2 fully saturated rings. The zero-order valence-electron chi connectivity index (χ0n) is 21.0. The SMILES string of the molecule is CC(C)(C)[Si](C)(C)OCCN1CCCN(C2CCN(C(=O)OCc3ccccc3)CC2)C1=O. The highest BCUT2D eigenvalue weighted by Crippen LogP contribution is 2.36. The van der Waals surface area contributed by atoms with Crippen LogP contribution in [0, 0.1) is 0 Å². The van der Waals surface area contributed by atoms with Crippen molar-refractivity contribution < 1.29 is 18.8 Å². The van der Waals surface area contributed by atoms with E-state index in [1.165, 1.54) is 0 Å². The quantitative estimate of drug-likeness (QED) is 0.524. The van der Waals surface area contributed by atoms with Crippen molar-refractivity contribution >= 4 is 20.4 Å². The molecule has 2 aliphatic rings. The fraction of sp³-hybridized carbons (Fsp3) is 0.680. The molecule has 1 aromatic rings. The molecule has 0 N–H and O–H groups in total. The van der Waals surface area contributed by atoms with Crippen LogP contribution in [0.2, 0.25) is 18.1 Å². The van der Waals surface area contributed by atoms with Crippen LogP contribution in [0.4, 0.5) is 9.59 Å². The molecular weight excluding hydrogens is 434 g/mol. The van der Waals surface area contributed by atoms with Gasteiger partial charge in [0.2, 0.25) is 0 Å². The number of benzene rings is 1. The molecule has 2 aliphatic heterocycles. The predicted molar refractivity (Wildman–Crippen MR) is 133 cm³/mol. The molecular formula is C25H41N3O4Si. The summed E-state index contributed by atoms with van der Waals surface area (Å²) in [6.07, 6.45) is 2.29. The number of hydrogen-bond donors (Lipinski definition) is 0. The lowest BCUT2D eigenvalue weighted by molar-refractivity contribution is 0.0587. The van der Waals surface area contributed by atoms with Gasteiger partial charge in [-0.3, -0.25) is 0 Å². The number of carbonyl (C=O) groups is 2. The van der Waals surface area contributed by atoms with E-state index < -0.39 is 8.32 Å². The fourth-order valence-corrected chi connectivity index (χ4v) is 5.18. The summed E-state index contributed by atoms with van der Waals surface area (Å²) < 4.78 is 11.8. The molecule has 2 saturated heterocycles. The van der Waals surface area contributed by atoms with Crippen LogP contribution in [0.25, 0.3) is 0 Å². The topological polar surface area (TPSA) is 62.3 Å². The highest BCUT2D eigenvalue weighted by atomic mass is 28.4. The summed E-state index contributed by atoms with van der Waals surface area (Å²) in [6.45, 7) is 15.6. The summed E-state index contributed by atoms with van der Waals surface area (Å²) in [5.41, 5.74) is 0.984. The van der Waals surface area contributed by atoms with Gasteiger partial charge in [0.15, 0.2) is 8.32 Å². The van der Waals surface area contributed by atoms with Crippen molar-refractivity contribution in [2.75, 3.05) is 39.3 Å². The summed E-state index contributed by atoms with van der Waals surface area (Å²) in [4.78, 5) is 31.3. The summed E-state index contributed by atoms with van der Waals surface area (Å²) in [5.74, 6) is 0. The average Bonchev–Trinajstić information content (AvgIpc) is 2.78. The minimum atomic E-state index is -1.81. The maximum absolute atomic E-state index is 13.2. The van der Waals surface area contributed by atoms with Crippen molar-refractivity contribution in [1.82, 2.24) is 14.7 Å². The van der Waals surface area contributed by atoms with E-state index in [-0.39, 0.29) is 29.8 Å². The smallest absolute Gasteiger partial charge is 0.410 e. The number of hydrogen-bond acceptors (Lipinski definition) is 4. The van der Waals surface area contributed by atoms with Crippen LogP contribution in [0.5, 0.6) is 0 Å². The van der Waals surface area contributed by atoms with Gasteiger partial charge in [-0.2, -0.15) is 0 Å². The van der Waals surface area contributed by atoms with E-state index in [1.807, 2.05) is 40.1 Å². The van der Waals surface area contributed by atoms with Crippen LogP contribution in [0.15, 0.2) is 30.3 Å². The van der Waals surface area contributed by atoms with E-state index in [0.717, 1.165) is 37.9 Å². The van der Waals surface area contributed by atoms with Crippen molar-refractivity contribution in [2.24, 2.45) is 0 Å². The van der Waals surface area contributed by atoms with Crippen LogP contribution in [-0.4, -0.2) is 80.5 Å². The minimum absolute atomic E-state index is 0.116. The summed E-state index contributed by atoms with van der Waals surface area (Å²) >= 11 is 0. The van der Waals surface area contributed by atoms with Gasteiger partial charge in [-0.15, -0.1) is 0 Å². The Bertz CT molecular complexity index is 789. The van der Waals surface area contributed by atoms with Crippen LogP contribution < -0.4 is 0 Å². The molecule has 0 spiro atoms. The number of carbonyl (C=O) groups excluding carboxylic acids is 2. The van der Waals surface area contributed by atoms with Crippen molar-refractivity contribution in [3.8, 4) is 0 Å². The monoisotopic (exact) mass is 475 g/mol. The van der Waals surface area contributed by atoms with Gasteiger partial charge < -0.3 is 23.9 Å². The number of urea groups is 1. The van der Waals surface area contributed by atoms with Crippen LogP contribution in [-0.2, 0) is 15.8 Å². The lowest BCUT2D eigenvalue weighted by atomic mass is 10.0. The Balaban J connectivity index is 1.44. The average molecular weight is 476 g/mol. The lowest BCUT2D eigenvalue weighted by Crippen LogP contribution is -2.56. The fourth-order valence-electron chi connectivity index (χ4n) is 4.15. The molecule has 3 rings (SSSR count). The maximum Gasteiger partial charge on any atom is 0.410 e. The van der Waals surface area contributed by atoms with E-state index in [0.29, 0.717) is 26.2 Å². The second-order valence-electron chi connectivity index (χ2n) is 10.7. The molecule has 1 aromatic carbocycles. The van der Waals surface area contributed by atoms with Crippen LogP contribution >= 0.6 is 0 Å². The first-order valence-corrected chi connectivity index (χ1v) is 15.1. The molecule has 8 heteroatoms. The Morgan fingerprint density at radius 2 is 1.73 bits per heavy atom. The summed E-state index contributed by atoms with van der Waals surface area (Å²) in [5, 5.41) is 0.168. The van der Waals surface area contributed by atoms with E-state index in [4.69, 9.17) is 9.16 Å². The largest absolute Gasteiger partial charge is 0.445 e. The molecule has 0 aromatic heterocycles. The number of nitrogens with zero attached hydrogens (tertiary/aromatic N) is 3. The highest BCUT2D eigenvalue weighted by molar-refractivity contribution is 6.74. The molecule has 0 bridgehead atoms. The number of ether oxygens (including phenoxy) is 1. The Kier molecular flexibility index (Phi) is 8.45. The molecule has 0 saturated carbocycles. The first-order chi connectivity index (χ1) is 15.6. The first-order valence-electron chi connectivity index (χ1n) is 12.2. The van der Waals surface area contributed by atoms with E-state index >= 15 is 0 Å². The number of rotatable bonds is 7. The molecule has 0 radical (unpaired) electrons. The van der Waals surface area contributed by atoms with Crippen molar-refractivity contribution in [3.05, 3.63) is 35.9 Å². The second-order valence-corrected chi connectivity index (χ2v) is 15.5. The van der Waals surface area contributed by atoms with Crippen molar-refractivity contribution in [2.45, 2.75) is 70.8 Å². The third-order valence-corrected chi connectivity index (χ3v) is 11.9. The van der Waals surface area contributed by atoms with Gasteiger partial charge in [0.25, 0.3) is 0 Å². The number of likely N-dealkylation sites (tertiary alicyclic amines) is 1. The molecule has 0 atom stereocenters. The predicted octanol–water partition coefficient (Wildman–Crippen LogP) is 4.94. The van der Waals surface area contributed by atoms with Gasteiger partial charge in [-0.1, -0.05) is 51.1 Å². The third-order valence-electron chi connectivity index (χ3n) is 7.34. The first kappa shape index (κ1) is 25.6.